The van der Waals surface area contributed by atoms with Gasteiger partial charge < -0.3 is 14.8 Å². The summed E-state index contributed by atoms with van der Waals surface area (Å²) < 4.78 is 2.21. The molecule has 0 unspecified atom stereocenters. The van der Waals surface area contributed by atoms with E-state index in [0.29, 0.717) is 0 Å². The van der Waals surface area contributed by atoms with Gasteiger partial charge in [0.15, 0.2) is 0 Å². The summed E-state index contributed by atoms with van der Waals surface area (Å²) in [5.41, 5.74) is 2.69. The number of nitrogens with one attached hydrogen (secondary N) is 1. The number of fused-ring (bicyclic) bond motifs is 1. The third-order valence-corrected chi connectivity index (χ3v) is 3.33. The van der Waals surface area contributed by atoms with E-state index in [4.69, 9.17) is 0 Å². The van der Waals surface area contributed by atoms with Gasteiger partial charge in [-0.2, -0.15) is 0 Å². The molecule has 1 aromatic heterocycles. The Morgan fingerprint density at radius 2 is 1.88 bits per heavy atom. The van der Waals surface area contributed by atoms with E-state index >= 15 is 0 Å². The standard InChI is InChI=1S/C13H17N3/c1-15-10-13(16-8-6-14-7-9-16)11-4-2-3-5-12(11)15/h2-5,10,14H,6-9H2,1H3. The first kappa shape index (κ1) is 9.73. The van der Waals surface area contributed by atoms with E-state index in [1.807, 2.05) is 0 Å². The molecule has 0 aliphatic carbocycles. The van der Waals surface area contributed by atoms with Crippen molar-refractivity contribution in [1.29, 1.82) is 0 Å². The minimum atomic E-state index is 1.09. The Morgan fingerprint density at radius 1 is 1.12 bits per heavy atom. The van der Waals surface area contributed by atoms with Crippen molar-refractivity contribution < 1.29 is 0 Å². The monoisotopic (exact) mass is 215 g/mol. The molecule has 1 aromatic carbocycles. The van der Waals surface area contributed by atoms with Crippen molar-refractivity contribution in [3.63, 3.8) is 0 Å². The number of anilines is 1. The van der Waals surface area contributed by atoms with Crippen molar-refractivity contribution in [2.75, 3.05) is 31.1 Å². The average molecular weight is 215 g/mol. The molecule has 0 radical (unpaired) electrons. The molecule has 3 heteroatoms. The number of para-hydroxylation sites is 1. The molecule has 1 saturated heterocycles. The van der Waals surface area contributed by atoms with Crippen LogP contribution in [0.3, 0.4) is 0 Å². The molecule has 1 aliphatic heterocycles. The summed E-state index contributed by atoms with van der Waals surface area (Å²) in [5, 5.41) is 4.76. The summed E-state index contributed by atoms with van der Waals surface area (Å²) in [5.74, 6) is 0. The highest BCUT2D eigenvalue weighted by Crippen LogP contribution is 2.28. The Hall–Kier alpha value is -1.48. The molecule has 1 aliphatic rings. The van der Waals surface area contributed by atoms with E-state index < -0.39 is 0 Å². The molecule has 0 amide bonds. The third kappa shape index (κ3) is 1.48. The molecule has 3 nitrogen and oxygen atoms in total. The van der Waals surface area contributed by atoms with Crippen LogP contribution in [0.4, 0.5) is 5.69 Å². The lowest BCUT2D eigenvalue weighted by Crippen LogP contribution is -2.43. The fourth-order valence-corrected chi connectivity index (χ4v) is 2.48. The van der Waals surface area contributed by atoms with Crippen molar-refractivity contribution in [2.24, 2.45) is 7.05 Å². The number of nitrogens with zero attached hydrogens (tertiary/aromatic N) is 2. The van der Waals surface area contributed by atoms with Gasteiger partial charge in [0.25, 0.3) is 0 Å². The van der Waals surface area contributed by atoms with Crippen LogP contribution in [0.1, 0.15) is 0 Å². The average Bonchev–Trinajstić information content (AvgIpc) is 2.69. The number of benzene rings is 1. The number of hydrogen-bond acceptors (Lipinski definition) is 2. The zero-order chi connectivity index (χ0) is 11.0. The van der Waals surface area contributed by atoms with Crippen LogP contribution in [-0.2, 0) is 7.05 Å². The zero-order valence-electron chi connectivity index (χ0n) is 9.61. The van der Waals surface area contributed by atoms with Crippen LogP contribution in [0.5, 0.6) is 0 Å². The second kappa shape index (κ2) is 3.83. The van der Waals surface area contributed by atoms with Gasteiger partial charge in [0.05, 0.1) is 5.69 Å². The Bertz CT molecular complexity index is 495. The minimum Gasteiger partial charge on any atom is -0.367 e. The molecule has 1 N–H and O–H groups in total. The van der Waals surface area contributed by atoms with Crippen LogP contribution in [0.2, 0.25) is 0 Å². The SMILES string of the molecule is Cn1cc(N2CCNCC2)c2ccccc21. The summed E-state index contributed by atoms with van der Waals surface area (Å²) in [7, 11) is 2.12. The molecule has 16 heavy (non-hydrogen) atoms. The van der Waals surface area contributed by atoms with E-state index in [1.54, 1.807) is 0 Å². The molecular weight excluding hydrogens is 198 g/mol. The highest BCUT2D eigenvalue weighted by molar-refractivity contribution is 5.93. The maximum Gasteiger partial charge on any atom is 0.0626 e. The summed E-state index contributed by atoms with van der Waals surface area (Å²) in [6.07, 6.45) is 2.25. The zero-order valence-corrected chi connectivity index (χ0v) is 9.61. The third-order valence-electron chi connectivity index (χ3n) is 3.33. The Morgan fingerprint density at radius 3 is 2.69 bits per heavy atom. The number of rotatable bonds is 1. The molecule has 1 fully saturated rings. The van der Waals surface area contributed by atoms with Gasteiger partial charge in [-0.15, -0.1) is 0 Å². The van der Waals surface area contributed by atoms with Crippen LogP contribution >= 0.6 is 0 Å². The molecule has 0 saturated carbocycles. The quantitative estimate of drug-likeness (QED) is 0.779. The van der Waals surface area contributed by atoms with Gasteiger partial charge >= 0.3 is 0 Å². The van der Waals surface area contributed by atoms with E-state index in [9.17, 15) is 0 Å². The topological polar surface area (TPSA) is 20.2 Å². The summed E-state index contributed by atoms with van der Waals surface area (Å²) >= 11 is 0. The molecule has 0 atom stereocenters. The van der Waals surface area contributed by atoms with Gasteiger partial charge in [0, 0.05) is 50.3 Å². The van der Waals surface area contributed by atoms with Crippen LogP contribution in [0.25, 0.3) is 10.9 Å². The molecular formula is C13H17N3. The molecule has 3 rings (SSSR count). The van der Waals surface area contributed by atoms with Crippen molar-refractivity contribution in [2.45, 2.75) is 0 Å². The smallest absolute Gasteiger partial charge is 0.0626 e. The predicted octanol–water partition coefficient (Wildman–Crippen LogP) is 1.59. The van der Waals surface area contributed by atoms with Crippen LogP contribution in [0.15, 0.2) is 30.5 Å². The lowest BCUT2D eigenvalue weighted by atomic mass is 10.2. The Balaban J connectivity index is 2.08. The van der Waals surface area contributed by atoms with Crippen molar-refractivity contribution in [1.82, 2.24) is 9.88 Å². The highest BCUT2D eigenvalue weighted by atomic mass is 15.2. The summed E-state index contributed by atoms with van der Waals surface area (Å²) in [6, 6.07) is 8.62. The first-order chi connectivity index (χ1) is 7.86. The fourth-order valence-electron chi connectivity index (χ4n) is 2.48. The lowest BCUT2D eigenvalue weighted by molar-refractivity contribution is 0.590. The fraction of sp³-hybridized carbons (Fsp3) is 0.385. The van der Waals surface area contributed by atoms with Gasteiger partial charge in [-0.1, -0.05) is 18.2 Å². The minimum absolute atomic E-state index is 1.09. The van der Waals surface area contributed by atoms with Crippen LogP contribution in [-0.4, -0.2) is 30.7 Å². The van der Waals surface area contributed by atoms with Gasteiger partial charge in [0.2, 0.25) is 0 Å². The largest absolute Gasteiger partial charge is 0.367 e. The van der Waals surface area contributed by atoms with Gasteiger partial charge in [-0.3, -0.25) is 0 Å². The molecule has 0 spiro atoms. The molecule has 0 bridgehead atoms. The number of hydrogen-bond donors (Lipinski definition) is 1. The van der Waals surface area contributed by atoms with Crippen molar-refractivity contribution >= 4 is 16.6 Å². The first-order valence-electron chi connectivity index (χ1n) is 5.86. The van der Waals surface area contributed by atoms with E-state index in [1.165, 1.54) is 16.6 Å². The summed E-state index contributed by atoms with van der Waals surface area (Å²) in [6.45, 7) is 4.38. The van der Waals surface area contributed by atoms with Crippen LogP contribution < -0.4 is 10.2 Å². The first-order valence-corrected chi connectivity index (χ1v) is 5.86. The number of aryl methyl sites for hydroxylation is 1. The van der Waals surface area contributed by atoms with E-state index in [0.717, 1.165) is 26.2 Å². The normalized spacial score (nSPS) is 16.9. The highest BCUT2D eigenvalue weighted by Gasteiger charge is 2.15. The molecule has 84 valence electrons. The molecule has 2 heterocycles. The number of aromatic nitrogens is 1. The summed E-state index contributed by atoms with van der Waals surface area (Å²) in [4.78, 5) is 2.47. The van der Waals surface area contributed by atoms with Crippen molar-refractivity contribution in [3.05, 3.63) is 30.5 Å². The van der Waals surface area contributed by atoms with Crippen LogP contribution in [0, 0.1) is 0 Å². The maximum absolute atomic E-state index is 3.39. The molecule has 2 aromatic rings. The second-order valence-electron chi connectivity index (χ2n) is 4.38. The van der Waals surface area contributed by atoms with Gasteiger partial charge in [-0.25, -0.2) is 0 Å². The lowest BCUT2D eigenvalue weighted by Gasteiger charge is -2.28. The maximum atomic E-state index is 3.39. The second-order valence-corrected chi connectivity index (χ2v) is 4.38. The van der Waals surface area contributed by atoms with E-state index in [-0.39, 0.29) is 0 Å². The number of piperazine rings is 1. The van der Waals surface area contributed by atoms with Gasteiger partial charge in [-0.05, 0) is 6.07 Å². The Labute approximate surface area is 95.7 Å². The van der Waals surface area contributed by atoms with E-state index in [2.05, 4.69) is 52.3 Å². The van der Waals surface area contributed by atoms with Gasteiger partial charge in [0.1, 0.15) is 0 Å². The Kier molecular flexibility index (Phi) is 2.33. The predicted molar refractivity (Wildman–Crippen MR) is 68.0 cm³/mol. The van der Waals surface area contributed by atoms with Crippen molar-refractivity contribution in [3.8, 4) is 0 Å².